The third-order valence-electron chi connectivity index (χ3n) is 4.35. The number of hydrogen-bond donors (Lipinski definition) is 1. The van der Waals surface area contributed by atoms with E-state index in [9.17, 15) is 5.11 Å². The van der Waals surface area contributed by atoms with Crippen molar-refractivity contribution < 1.29 is 5.11 Å². The van der Waals surface area contributed by atoms with Gasteiger partial charge in [-0.15, -0.1) is 0 Å². The first-order chi connectivity index (χ1) is 8.48. The molecule has 0 unspecified atom stereocenters. The van der Waals surface area contributed by atoms with E-state index in [-0.39, 0.29) is 0 Å². The predicted molar refractivity (Wildman–Crippen MR) is 76.9 cm³/mol. The molecule has 1 aromatic carbocycles. The summed E-state index contributed by atoms with van der Waals surface area (Å²) in [6.07, 6.45) is 4.93. The monoisotopic (exact) mass is 266 g/mol. The lowest BCUT2D eigenvalue weighted by atomic mass is 9.72. The maximum absolute atomic E-state index is 10.7. The molecule has 0 aromatic heterocycles. The van der Waals surface area contributed by atoms with Crippen LogP contribution in [0.1, 0.15) is 45.1 Å². The standard InChI is InChI=1S/C16H23ClO/c1-12(2)14-7-9-16(18,10-8-14)11-13-3-5-15(17)6-4-13/h3-6,12,14,18H,7-11H2,1-2H3. The fraction of sp³-hybridized carbons (Fsp3) is 0.625. The van der Waals surface area contributed by atoms with Crippen LogP contribution in [0, 0.1) is 11.8 Å². The van der Waals surface area contributed by atoms with E-state index < -0.39 is 5.60 Å². The number of hydrogen-bond acceptors (Lipinski definition) is 1. The Bertz CT molecular complexity index is 375. The van der Waals surface area contributed by atoms with Gasteiger partial charge in [-0.1, -0.05) is 37.6 Å². The Labute approximate surface area is 115 Å². The van der Waals surface area contributed by atoms with Crippen LogP contribution in [0.5, 0.6) is 0 Å². The normalized spacial score (nSPS) is 28.6. The number of aliphatic hydroxyl groups is 1. The minimum absolute atomic E-state index is 0.501. The largest absolute Gasteiger partial charge is 0.390 e. The van der Waals surface area contributed by atoms with Crippen molar-refractivity contribution in [3.8, 4) is 0 Å². The fourth-order valence-electron chi connectivity index (χ4n) is 3.00. The average molecular weight is 267 g/mol. The van der Waals surface area contributed by atoms with E-state index in [1.807, 2.05) is 24.3 Å². The van der Waals surface area contributed by atoms with Gasteiger partial charge in [-0.25, -0.2) is 0 Å². The lowest BCUT2D eigenvalue weighted by molar-refractivity contribution is -0.0146. The third kappa shape index (κ3) is 3.49. The average Bonchev–Trinajstić information content (AvgIpc) is 2.32. The van der Waals surface area contributed by atoms with E-state index in [4.69, 9.17) is 11.6 Å². The van der Waals surface area contributed by atoms with Crippen molar-refractivity contribution in [2.75, 3.05) is 0 Å². The Hall–Kier alpha value is -0.530. The van der Waals surface area contributed by atoms with Gasteiger partial charge in [-0.2, -0.15) is 0 Å². The van der Waals surface area contributed by atoms with Crippen LogP contribution in [0.2, 0.25) is 5.02 Å². The fourth-order valence-corrected chi connectivity index (χ4v) is 3.13. The minimum atomic E-state index is -0.501. The molecule has 0 spiro atoms. The van der Waals surface area contributed by atoms with Crippen LogP contribution < -0.4 is 0 Å². The summed E-state index contributed by atoms with van der Waals surface area (Å²) in [7, 11) is 0. The van der Waals surface area contributed by atoms with Crippen molar-refractivity contribution in [3.05, 3.63) is 34.9 Å². The van der Waals surface area contributed by atoms with E-state index in [2.05, 4.69) is 13.8 Å². The van der Waals surface area contributed by atoms with Crippen LogP contribution in [0.25, 0.3) is 0 Å². The molecule has 100 valence electrons. The Morgan fingerprint density at radius 2 is 1.78 bits per heavy atom. The van der Waals surface area contributed by atoms with Crippen molar-refractivity contribution in [2.24, 2.45) is 11.8 Å². The molecule has 1 aliphatic rings. The van der Waals surface area contributed by atoms with Crippen LogP contribution in [0.4, 0.5) is 0 Å². The van der Waals surface area contributed by atoms with Gasteiger partial charge in [-0.05, 0) is 55.2 Å². The van der Waals surface area contributed by atoms with Gasteiger partial charge in [0, 0.05) is 11.4 Å². The van der Waals surface area contributed by atoms with Gasteiger partial charge in [0.2, 0.25) is 0 Å². The highest BCUT2D eigenvalue weighted by Crippen LogP contribution is 2.37. The van der Waals surface area contributed by atoms with Gasteiger partial charge >= 0.3 is 0 Å². The molecule has 0 bridgehead atoms. The van der Waals surface area contributed by atoms with E-state index in [1.54, 1.807) is 0 Å². The smallest absolute Gasteiger partial charge is 0.0688 e. The molecule has 0 heterocycles. The molecule has 1 fully saturated rings. The number of benzene rings is 1. The number of rotatable bonds is 3. The van der Waals surface area contributed by atoms with Crippen LogP contribution >= 0.6 is 11.6 Å². The molecule has 0 aliphatic heterocycles. The SMILES string of the molecule is CC(C)C1CCC(O)(Cc2ccc(Cl)cc2)CC1. The van der Waals surface area contributed by atoms with Gasteiger partial charge < -0.3 is 5.11 Å². The first-order valence-corrected chi connectivity index (χ1v) is 7.33. The highest BCUT2D eigenvalue weighted by molar-refractivity contribution is 6.30. The van der Waals surface area contributed by atoms with Crippen molar-refractivity contribution in [2.45, 2.75) is 51.6 Å². The van der Waals surface area contributed by atoms with E-state index >= 15 is 0 Å². The molecule has 0 radical (unpaired) electrons. The number of halogens is 1. The van der Waals surface area contributed by atoms with Gasteiger partial charge in [-0.3, -0.25) is 0 Å². The molecule has 1 aromatic rings. The van der Waals surface area contributed by atoms with Gasteiger partial charge in [0.25, 0.3) is 0 Å². The summed E-state index contributed by atoms with van der Waals surface area (Å²) in [6.45, 7) is 4.57. The molecule has 1 nitrogen and oxygen atoms in total. The molecular weight excluding hydrogens is 244 g/mol. The quantitative estimate of drug-likeness (QED) is 0.856. The topological polar surface area (TPSA) is 20.2 Å². The van der Waals surface area contributed by atoms with E-state index in [0.29, 0.717) is 0 Å². The molecule has 2 rings (SSSR count). The van der Waals surface area contributed by atoms with E-state index in [1.165, 1.54) is 5.56 Å². The molecule has 1 saturated carbocycles. The Kier molecular flexibility index (Phi) is 4.34. The zero-order valence-electron chi connectivity index (χ0n) is 11.3. The van der Waals surface area contributed by atoms with Crippen LogP contribution in [-0.2, 0) is 6.42 Å². The maximum atomic E-state index is 10.7. The summed E-state index contributed by atoms with van der Waals surface area (Å²) < 4.78 is 0. The zero-order chi connectivity index (χ0) is 13.2. The molecule has 0 saturated heterocycles. The second-order valence-electron chi connectivity index (χ2n) is 6.11. The second-order valence-corrected chi connectivity index (χ2v) is 6.55. The van der Waals surface area contributed by atoms with Crippen molar-refractivity contribution in [1.29, 1.82) is 0 Å². The van der Waals surface area contributed by atoms with Crippen LogP contribution in [-0.4, -0.2) is 10.7 Å². The van der Waals surface area contributed by atoms with Crippen molar-refractivity contribution in [1.82, 2.24) is 0 Å². The predicted octanol–water partition coefficient (Wildman–Crippen LogP) is 4.46. The summed E-state index contributed by atoms with van der Waals surface area (Å²) in [5.41, 5.74) is 0.684. The van der Waals surface area contributed by atoms with Crippen LogP contribution in [0.3, 0.4) is 0 Å². The summed E-state index contributed by atoms with van der Waals surface area (Å²) in [5, 5.41) is 11.4. The minimum Gasteiger partial charge on any atom is -0.390 e. The van der Waals surface area contributed by atoms with Crippen molar-refractivity contribution in [3.63, 3.8) is 0 Å². The molecule has 0 atom stereocenters. The van der Waals surface area contributed by atoms with Crippen LogP contribution in [0.15, 0.2) is 24.3 Å². The molecule has 18 heavy (non-hydrogen) atoms. The molecule has 1 N–H and O–H groups in total. The zero-order valence-corrected chi connectivity index (χ0v) is 12.1. The van der Waals surface area contributed by atoms with Gasteiger partial charge in [0.05, 0.1) is 5.60 Å². The summed E-state index contributed by atoms with van der Waals surface area (Å²) in [5.74, 6) is 1.53. The Balaban J connectivity index is 1.95. The molecule has 2 heteroatoms. The first kappa shape index (κ1) is 13.9. The lowest BCUT2D eigenvalue weighted by Crippen LogP contribution is -2.37. The van der Waals surface area contributed by atoms with Gasteiger partial charge in [0.1, 0.15) is 0 Å². The first-order valence-electron chi connectivity index (χ1n) is 6.95. The highest BCUT2D eigenvalue weighted by Gasteiger charge is 2.34. The molecular formula is C16H23ClO. The third-order valence-corrected chi connectivity index (χ3v) is 4.60. The van der Waals surface area contributed by atoms with E-state index in [0.717, 1.165) is 49.0 Å². The summed E-state index contributed by atoms with van der Waals surface area (Å²) >= 11 is 5.88. The maximum Gasteiger partial charge on any atom is 0.0688 e. The summed E-state index contributed by atoms with van der Waals surface area (Å²) in [6, 6.07) is 7.85. The molecule has 1 aliphatic carbocycles. The second kappa shape index (κ2) is 5.63. The Morgan fingerprint density at radius 1 is 1.22 bits per heavy atom. The molecule has 0 amide bonds. The Morgan fingerprint density at radius 3 is 2.28 bits per heavy atom. The lowest BCUT2D eigenvalue weighted by Gasteiger charge is -2.37. The highest BCUT2D eigenvalue weighted by atomic mass is 35.5. The van der Waals surface area contributed by atoms with Gasteiger partial charge in [0.15, 0.2) is 0 Å². The summed E-state index contributed by atoms with van der Waals surface area (Å²) in [4.78, 5) is 0. The van der Waals surface area contributed by atoms with Crippen molar-refractivity contribution >= 4 is 11.6 Å².